The maximum absolute atomic E-state index is 11.8. The van der Waals surface area contributed by atoms with Gasteiger partial charge in [0.05, 0.1) is 7.11 Å². The standard InChI is InChI=1S/C15H21NO4/c1-15(2,3)20-13(17)11-16(14(18)19-4)10-12-8-6-5-7-9-12/h5-9H,10-11H2,1-4H3. The zero-order valence-electron chi connectivity index (χ0n) is 12.4. The van der Waals surface area contributed by atoms with E-state index in [-0.39, 0.29) is 6.54 Å². The minimum Gasteiger partial charge on any atom is -0.459 e. The molecule has 1 aromatic carbocycles. The van der Waals surface area contributed by atoms with Crippen molar-refractivity contribution in [2.75, 3.05) is 13.7 Å². The van der Waals surface area contributed by atoms with E-state index in [1.807, 2.05) is 30.3 Å². The molecule has 110 valence electrons. The second-order valence-corrected chi connectivity index (χ2v) is 5.40. The maximum atomic E-state index is 11.8. The number of hydrogen-bond donors (Lipinski definition) is 0. The quantitative estimate of drug-likeness (QED) is 0.795. The van der Waals surface area contributed by atoms with Gasteiger partial charge in [-0.3, -0.25) is 9.69 Å². The fourth-order valence-corrected chi connectivity index (χ4v) is 1.65. The number of methoxy groups -OCH3 is 1. The smallest absolute Gasteiger partial charge is 0.410 e. The molecule has 20 heavy (non-hydrogen) atoms. The molecule has 0 spiro atoms. The predicted octanol–water partition coefficient (Wildman–Crippen LogP) is 2.60. The first-order valence-electron chi connectivity index (χ1n) is 6.40. The fourth-order valence-electron chi connectivity index (χ4n) is 1.65. The van der Waals surface area contributed by atoms with Crippen LogP contribution in [0.25, 0.3) is 0 Å². The van der Waals surface area contributed by atoms with Crippen LogP contribution in [0.2, 0.25) is 0 Å². The molecular weight excluding hydrogens is 258 g/mol. The zero-order chi connectivity index (χ0) is 15.2. The van der Waals surface area contributed by atoms with Crippen LogP contribution in [0.3, 0.4) is 0 Å². The van der Waals surface area contributed by atoms with Crippen LogP contribution in [0.5, 0.6) is 0 Å². The molecule has 5 heteroatoms. The highest BCUT2D eigenvalue weighted by atomic mass is 16.6. The van der Waals surface area contributed by atoms with Crippen LogP contribution in [0.1, 0.15) is 26.3 Å². The van der Waals surface area contributed by atoms with E-state index in [2.05, 4.69) is 0 Å². The summed E-state index contributed by atoms with van der Waals surface area (Å²) in [5.74, 6) is -0.459. The Bertz CT molecular complexity index is 451. The summed E-state index contributed by atoms with van der Waals surface area (Å²) in [6, 6.07) is 9.40. The van der Waals surface area contributed by atoms with Crippen molar-refractivity contribution in [2.45, 2.75) is 32.9 Å². The van der Waals surface area contributed by atoms with Gasteiger partial charge >= 0.3 is 12.1 Å². The van der Waals surface area contributed by atoms with Crippen molar-refractivity contribution >= 4 is 12.1 Å². The molecule has 0 N–H and O–H groups in total. The van der Waals surface area contributed by atoms with Crippen molar-refractivity contribution in [3.63, 3.8) is 0 Å². The van der Waals surface area contributed by atoms with Gasteiger partial charge in [-0.05, 0) is 26.3 Å². The van der Waals surface area contributed by atoms with Gasteiger partial charge in [0.25, 0.3) is 0 Å². The molecule has 1 rings (SSSR count). The molecule has 5 nitrogen and oxygen atoms in total. The van der Waals surface area contributed by atoms with Crippen molar-refractivity contribution in [1.29, 1.82) is 0 Å². The summed E-state index contributed by atoms with van der Waals surface area (Å²) in [7, 11) is 1.29. The highest BCUT2D eigenvalue weighted by Crippen LogP contribution is 2.10. The molecule has 0 saturated heterocycles. The van der Waals surface area contributed by atoms with Crippen molar-refractivity contribution in [2.24, 2.45) is 0 Å². The Hall–Kier alpha value is -2.04. The van der Waals surface area contributed by atoms with Crippen molar-refractivity contribution < 1.29 is 19.1 Å². The third-order valence-electron chi connectivity index (χ3n) is 2.39. The summed E-state index contributed by atoms with van der Waals surface area (Å²) < 4.78 is 9.91. The summed E-state index contributed by atoms with van der Waals surface area (Å²) in [6.45, 7) is 5.51. The zero-order valence-corrected chi connectivity index (χ0v) is 12.4. The Morgan fingerprint density at radius 2 is 1.75 bits per heavy atom. The number of carbonyl (C=O) groups excluding carboxylic acids is 2. The van der Waals surface area contributed by atoms with Crippen LogP contribution in [-0.4, -0.2) is 36.2 Å². The molecule has 1 amide bonds. The molecule has 0 fully saturated rings. The van der Waals surface area contributed by atoms with E-state index in [1.54, 1.807) is 20.8 Å². The molecule has 0 aliphatic heterocycles. The minimum absolute atomic E-state index is 0.140. The first-order chi connectivity index (χ1) is 9.31. The number of nitrogens with zero attached hydrogens (tertiary/aromatic N) is 1. The highest BCUT2D eigenvalue weighted by molar-refractivity contribution is 5.78. The largest absolute Gasteiger partial charge is 0.459 e. The second-order valence-electron chi connectivity index (χ2n) is 5.40. The van der Waals surface area contributed by atoms with Gasteiger partial charge < -0.3 is 9.47 Å². The number of rotatable bonds is 4. The summed E-state index contributed by atoms with van der Waals surface area (Å²) >= 11 is 0. The van der Waals surface area contributed by atoms with Crippen molar-refractivity contribution in [1.82, 2.24) is 4.90 Å². The summed E-state index contributed by atoms with van der Waals surface area (Å²) in [6.07, 6.45) is -0.556. The van der Waals surface area contributed by atoms with E-state index in [0.29, 0.717) is 6.54 Å². The summed E-state index contributed by atoms with van der Waals surface area (Å²) in [5, 5.41) is 0. The highest BCUT2D eigenvalue weighted by Gasteiger charge is 2.22. The van der Waals surface area contributed by atoms with Gasteiger partial charge in [-0.25, -0.2) is 4.79 Å². The third kappa shape index (κ3) is 5.73. The Labute approximate surface area is 119 Å². The third-order valence-corrected chi connectivity index (χ3v) is 2.39. The summed E-state index contributed by atoms with van der Waals surface area (Å²) in [4.78, 5) is 24.8. The molecule has 0 saturated carbocycles. The van der Waals surface area contributed by atoms with E-state index in [4.69, 9.17) is 9.47 Å². The van der Waals surface area contributed by atoms with E-state index in [0.717, 1.165) is 5.56 Å². The van der Waals surface area contributed by atoms with Crippen LogP contribution < -0.4 is 0 Å². The average molecular weight is 279 g/mol. The van der Waals surface area contributed by atoms with E-state index in [9.17, 15) is 9.59 Å². The number of benzene rings is 1. The Kier molecular flexibility index (Phi) is 5.55. The SMILES string of the molecule is COC(=O)N(CC(=O)OC(C)(C)C)Cc1ccccc1. The van der Waals surface area contributed by atoms with E-state index >= 15 is 0 Å². The molecule has 0 bridgehead atoms. The maximum Gasteiger partial charge on any atom is 0.410 e. The molecule has 0 radical (unpaired) electrons. The number of carbonyl (C=O) groups is 2. The Morgan fingerprint density at radius 1 is 1.15 bits per heavy atom. The molecular formula is C15H21NO4. The average Bonchev–Trinajstić information content (AvgIpc) is 2.36. The van der Waals surface area contributed by atoms with Gasteiger partial charge in [0.1, 0.15) is 12.1 Å². The summed E-state index contributed by atoms with van der Waals surface area (Å²) in [5.41, 5.74) is 0.340. The van der Waals surface area contributed by atoms with Crippen LogP contribution in [0.15, 0.2) is 30.3 Å². The first-order valence-corrected chi connectivity index (χ1v) is 6.40. The van der Waals surface area contributed by atoms with Crippen LogP contribution >= 0.6 is 0 Å². The number of ether oxygens (including phenoxy) is 2. The van der Waals surface area contributed by atoms with Gasteiger partial charge in [0, 0.05) is 6.54 Å². The Morgan fingerprint density at radius 3 is 2.25 bits per heavy atom. The molecule has 1 aromatic rings. The van der Waals surface area contributed by atoms with Crippen molar-refractivity contribution in [3.8, 4) is 0 Å². The first kappa shape index (κ1) is 16.0. The lowest BCUT2D eigenvalue weighted by atomic mass is 10.2. The normalized spacial score (nSPS) is 10.8. The molecule has 0 unspecified atom stereocenters. The Balaban J connectivity index is 2.70. The number of amides is 1. The molecule has 0 heterocycles. The monoisotopic (exact) mass is 279 g/mol. The minimum atomic E-state index is -0.578. The number of hydrogen-bond acceptors (Lipinski definition) is 4. The lowest BCUT2D eigenvalue weighted by molar-refractivity contribution is -0.155. The van der Waals surface area contributed by atoms with Gasteiger partial charge in [-0.2, -0.15) is 0 Å². The van der Waals surface area contributed by atoms with Gasteiger partial charge in [0.2, 0.25) is 0 Å². The topological polar surface area (TPSA) is 55.8 Å². The molecule has 0 aliphatic rings. The van der Waals surface area contributed by atoms with E-state index in [1.165, 1.54) is 12.0 Å². The van der Waals surface area contributed by atoms with Gasteiger partial charge in [0.15, 0.2) is 0 Å². The number of esters is 1. The van der Waals surface area contributed by atoms with Crippen LogP contribution in [0, 0.1) is 0 Å². The molecule has 0 aromatic heterocycles. The van der Waals surface area contributed by atoms with Crippen LogP contribution in [-0.2, 0) is 20.8 Å². The predicted molar refractivity (Wildman–Crippen MR) is 75.1 cm³/mol. The van der Waals surface area contributed by atoms with Gasteiger partial charge in [-0.15, -0.1) is 0 Å². The molecule has 0 aliphatic carbocycles. The van der Waals surface area contributed by atoms with Crippen molar-refractivity contribution in [3.05, 3.63) is 35.9 Å². The lowest BCUT2D eigenvalue weighted by Crippen LogP contribution is -2.38. The van der Waals surface area contributed by atoms with E-state index < -0.39 is 17.7 Å². The fraction of sp³-hybridized carbons (Fsp3) is 0.467. The van der Waals surface area contributed by atoms with Gasteiger partial charge in [-0.1, -0.05) is 30.3 Å². The second kappa shape index (κ2) is 6.93. The lowest BCUT2D eigenvalue weighted by Gasteiger charge is -2.24. The van der Waals surface area contributed by atoms with Crippen LogP contribution in [0.4, 0.5) is 4.79 Å². The molecule has 0 atom stereocenters.